The molecule has 0 heterocycles. The smallest absolute Gasteiger partial charge is 0.293 e. The second kappa shape index (κ2) is 12.3. The Morgan fingerprint density at radius 3 is 2.19 bits per heavy atom. The van der Waals surface area contributed by atoms with Crippen LogP contribution in [0.15, 0.2) is 48.5 Å². The fraction of sp³-hybridized carbons (Fsp3) is 0.458. The van der Waals surface area contributed by atoms with E-state index >= 15 is 0 Å². The van der Waals surface area contributed by atoms with Crippen LogP contribution in [0.1, 0.15) is 74.2 Å². The predicted molar refractivity (Wildman–Crippen MR) is 111 cm³/mol. The summed E-state index contributed by atoms with van der Waals surface area (Å²) in [6.07, 6.45) is 9.84. The Bertz CT molecular complexity index is 679. The van der Waals surface area contributed by atoms with E-state index in [4.69, 9.17) is 9.78 Å². The minimum absolute atomic E-state index is 0.433. The first-order valence-corrected chi connectivity index (χ1v) is 10.2. The highest BCUT2D eigenvalue weighted by atomic mass is 17.2. The number of unbranched alkanes of at least 4 members (excludes halogenated alkanes) is 7. The molecule has 2 aromatic rings. The van der Waals surface area contributed by atoms with Crippen molar-refractivity contribution >= 4 is 5.97 Å². The summed E-state index contributed by atoms with van der Waals surface area (Å²) in [5.74, 6) is -0.433. The summed E-state index contributed by atoms with van der Waals surface area (Å²) >= 11 is 0. The van der Waals surface area contributed by atoms with Crippen molar-refractivity contribution in [2.75, 3.05) is 6.61 Å². The van der Waals surface area contributed by atoms with Gasteiger partial charge in [0.05, 0.1) is 12.2 Å². The molecule has 0 fully saturated rings. The van der Waals surface area contributed by atoms with Crippen molar-refractivity contribution in [1.82, 2.24) is 0 Å². The Balaban J connectivity index is 1.67. The summed E-state index contributed by atoms with van der Waals surface area (Å²) in [5, 5.41) is 0. The van der Waals surface area contributed by atoms with Crippen LogP contribution in [0.5, 0.6) is 0 Å². The molecule has 3 nitrogen and oxygen atoms in total. The van der Waals surface area contributed by atoms with Crippen molar-refractivity contribution in [3.05, 3.63) is 59.7 Å². The summed E-state index contributed by atoms with van der Waals surface area (Å²) < 4.78 is 0. The topological polar surface area (TPSA) is 35.5 Å². The first kappa shape index (κ1) is 21.2. The second-order valence-corrected chi connectivity index (χ2v) is 7.06. The molecule has 2 aromatic carbocycles. The number of benzene rings is 2. The van der Waals surface area contributed by atoms with Gasteiger partial charge in [-0.1, -0.05) is 88.3 Å². The fourth-order valence-electron chi connectivity index (χ4n) is 3.17. The number of hydrogen-bond donors (Lipinski definition) is 0. The third kappa shape index (κ3) is 7.56. The molecule has 0 saturated carbocycles. The van der Waals surface area contributed by atoms with Crippen LogP contribution >= 0.6 is 0 Å². The van der Waals surface area contributed by atoms with Crippen LogP contribution in [0.3, 0.4) is 0 Å². The van der Waals surface area contributed by atoms with Crippen LogP contribution in [0.4, 0.5) is 0 Å². The third-order valence-electron chi connectivity index (χ3n) is 4.76. The zero-order valence-electron chi connectivity index (χ0n) is 16.7. The maximum Gasteiger partial charge on any atom is 0.373 e. The Hall–Kier alpha value is -2.13. The van der Waals surface area contributed by atoms with Crippen molar-refractivity contribution in [1.29, 1.82) is 0 Å². The van der Waals surface area contributed by atoms with Crippen molar-refractivity contribution in [3.8, 4) is 11.1 Å². The second-order valence-electron chi connectivity index (χ2n) is 7.06. The molecule has 0 aliphatic heterocycles. The minimum atomic E-state index is -0.433. The normalized spacial score (nSPS) is 10.7. The van der Waals surface area contributed by atoms with E-state index in [1.54, 1.807) is 6.07 Å². The number of hydrogen-bond acceptors (Lipinski definition) is 3. The molecule has 27 heavy (non-hydrogen) atoms. The zero-order chi connectivity index (χ0) is 19.3. The van der Waals surface area contributed by atoms with Gasteiger partial charge in [-0.3, -0.25) is 4.89 Å². The molecule has 0 bridgehead atoms. The lowest BCUT2D eigenvalue weighted by Crippen LogP contribution is -2.07. The summed E-state index contributed by atoms with van der Waals surface area (Å²) in [6.45, 7) is 4.69. The first-order chi connectivity index (χ1) is 13.2. The van der Waals surface area contributed by atoms with Gasteiger partial charge < -0.3 is 0 Å². The lowest BCUT2D eigenvalue weighted by molar-refractivity contribution is -0.241. The molecule has 2 rings (SSSR count). The summed E-state index contributed by atoms with van der Waals surface area (Å²) in [6, 6.07) is 15.7. The van der Waals surface area contributed by atoms with Crippen LogP contribution in [0, 0.1) is 6.92 Å². The van der Waals surface area contributed by atoms with Crippen molar-refractivity contribution in [2.24, 2.45) is 0 Å². The highest BCUT2D eigenvalue weighted by Gasteiger charge is 2.11. The van der Waals surface area contributed by atoms with Gasteiger partial charge in [-0.05, 0) is 42.2 Å². The number of rotatable bonds is 12. The van der Waals surface area contributed by atoms with Gasteiger partial charge in [-0.15, -0.1) is 0 Å². The van der Waals surface area contributed by atoms with Gasteiger partial charge in [0.2, 0.25) is 0 Å². The molecule has 0 spiro atoms. The van der Waals surface area contributed by atoms with Crippen molar-refractivity contribution < 1.29 is 14.6 Å². The Morgan fingerprint density at radius 1 is 0.852 bits per heavy atom. The van der Waals surface area contributed by atoms with E-state index < -0.39 is 5.97 Å². The van der Waals surface area contributed by atoms with Crippen LogP contribution in [0.2, 0.25) is 0 Å². The molecule has 3 heteroatoms. The fourth-order valence-corrected chi connectivity index (χ4v) is 3.17. The van der Waals surface area contributed by atoms with Gasteiger partial charge in [-0.25, -0.2) is 4.79 Å². The maximum absolute atomic E-state index is 12.1. The van der Waals surface area contributed by atoms with E-state index in [9.17, 15) is 4.79 Å². The van der Waals surface area contributed by atoms with Gasteiger partial charge >= 0.3 is 5.97 Å². The number of aryl methyl sites for hydroxylation is 1. The Morgan fingerprint density at radius 2 is 1.52 bits per heavy atom. The average molecular weight is 369 g/mol. The molecule has 0 amide bonds. The first-order valence-electron chi connectivity index (χ1n) is 10.2. The molecule has 146 valence electrons. The zero-order valence-corrected chi connectivity index (χ0v) is 16.7. The molecule has 0 saturated heterocycles. The van der Waals surface area contributed by atoms with Crippen LogP contribution in [0.25, 0.3) is 11.1 Å². The van der Waals surface area contributed by atoms with Crippen molar-refractivity contribution in [2.45, 2.75) is 65.2 Å². The molecule has 0 N–H and O–H groups in total. The van der Waals surface area contributed by atoms with E-state index in [2.05, 4.69) is 19.1 Å². The lowest BCUT2D eigenvalue weighted by Gasteiger charge is -2.08. The van der Waals surface area contributed by atoms with E-state index in [-0.39, 0.29) is 0 Å². The molecule has 0 aromatic heterocycles. The molecule has 0 radical (unpaired) electrons. The SMILES string of the molecule is CCCCCCCCCCOOC(=O)c1ccc(-c2ccccc2)c(C)c1. The summed E-state index contributed by atoms with van der Waals surface area (Å²) in [5.41, 5.74) is 3.81. The highest BCUT2D eigenvalue weighted by molar-refractivity contribution is 5.90. The van der Waals surface area contributed by atoms with Gasteiger partial charge in [0.1, 0.15) is 0 Å². The molecule has 0 aliphatic carbocycles. The predicted octanol–water partition coefficient (Wildman–Crippen LogP) is 6.89. The molecule has 0 aliphatic rings. The average Bonchev–Trinajstić information content (AvgIpc) is 2.70. The quantitative estimate of drug-likeness (QED) is 0.232. The van der Waals surface area contributed by atoms with Gasteiger partial charge in [0.15, 0.2) is 0 Å². The lowest BCUT2D eigenvalue weighted by atomic mass is 9.98. The summed E-state index contributed by atoms with van der Waals surface area (Å²) in [4.78, 5) is 22.2. The molecular formula is C24H32O3. The van der Waals surface area contributed by atoms with Crippen LogP contribution in [-0.4, -0.2) is 12.6 Å². The van der Waals surface area contributed by atoms with E-state index in [0.29, 0.717) is 12.2 Å². The maximum atomic E-state index is 12.1. The number of carbonyl (C=O) groups is 1. The summed E-state index contributed by atoms with van der Waals surface area (Å²) in [7, 11) is 0. The van der Waals surface area contributed by atoms with Gasteiger partial charge in [0, 0.05) is 0 Å². The van der Waals surface area contributed by atoms with Gasteiger partial charge in [-0.2, -0.15) is 4.89 Å². The molecule has 0 atom stereocenters. The largest absolute Gasteiger partial charge is 0.373 e. The van der Waals surface area contributed by atoms with Crippen LogP contribution in [-0.2, 0) is 9.78 Å². The highest BCUT2D eigenvalue weighted by Crippen LogP contribution is 2.24. The van der Waals surface area contributed by atoms with E-state index in [1.165, 1.54) is 38.5 Å². The molecule has 0 unspecified atom stereocenters. The third-order valence-corrected chi connectivity index (χ3v) is 4.76. The van der Waals surface area contributed by atoms with E-state index in [0.717, 1.165) is 29.5 Å². The van der Waals surface area contributed by atoms with Gasteiger partial charge in [0.25, 0.3) is 0 Å². The van der Waals surface area contributed by atoms with Crippen LogP contribution < -0.4 is 0 Å². The van der Waals surface area contributed by atoms with Crippen molar-refractivity contribution in [3.63, 3.8) is 0 Å². The monoisotopic (exact) mass is 368 g/mol. The molecular weight excluding hydrogens is 336 g/mol. The Labute approximate surface area is 163 Å². The minimum Gasteiger partial charge on any atom is -0.293 e. The van der Waals surface area contributed by atoms with E-state index in [1.807, 2.05) is 37.3 Å². The standard InChI is InChI=1S/C24H32O3/c1-3-4-5-6-7-8-9-13-18-26-27-24(25)22-16-17-23(20(2)19-22)21-14-11-10-12-15-21/h10-12,14-17,19H,3-9,13,18H2,1-2H3. The Kier molecular flexibility index (Phi) is 9.64. The number of carbonyl (C=O) groups excluding carboxylic acids is 1.